The lowest BCUT2D eigenvalue weighted by atomic mass is 10.2. The van der Waals surface area contributed by atoms with Crippen LogP contribution in [0.25, 0.3) is 0 Å². The summed E-state index contributed by atoms with van der Waals surface area (Å²) in [5.74, 6) is 0. The maximum absolute atomic E-state index is 5.52. The summed E-state index contributed by atoms with van der Waals surface area (Å²) < 4.78 is 33.6. The highest BCUT2D eigenvalue weighted by Gasteiger charge is 1.94. The van der Waals surface area contributed by atoms with Crippen molar-refractivity contribution in [2.45, 2.75) is 25.7 Å². The number of alkyl halides is 1. The molecule has 0 aromatic heterocycles. The largest absolute Gasteiger partial charge is 0.379 e. The zero-order chi connectivity index (χ0) is 19.0. The third-order valence-electron chi connectivity index (χ3n) is 3.27. The van der Waals surface area contributed by atoms with Crippen LogP contribution in [0.5, 0.6) is 0 Å². The van der Waals surface area contributed by atoms with E-state index in [1.54, 1.807) is 6.08 Å². The molecule has 0 bridgehead atoms. The minimum atomic E-state index is 0.562. The second kappa shape index (κ2) is 25.2. The van der Waals surface area contributed by atoms with Crippen LogP contribution in [-0.2, 0) is 28.4 Å². The number of ether oxygens (including phenoxy) is 6. The summed E-state index contributed by atoms with van der Waals surface area (Å²) in [6.07, 6.45) is 6.75. The van der Waals surface area contributed by atoms with E-state index in [0.717, 1.165) is 13.0 Å². The van der Waals surface area contributed by atoms with Crippen LogP contribution in [0.2, 0.25) is 0 Å². The first kappa shape index (κ1) is 26.2. The Balaban J connectivity index is 2.96. The molecule has 0 amide bonds. The molecule has 26 heavy (non-hydrogen) atoms. The molecule has 0 aliphatic rings. The molecular formula is C19H37IO6. The van der Waals surface area contributed by atoms with Crippen molar-refractivity contribution < 1.29 is 28.4 Å². The molecule has 0 saturated carbocycles. The molecule has 156 valence electrons. The van der Waals surface area contributed by atoms with Gasteiger partial charge in [0.2, 0.25) is 0 Å². The molecule has 0 aliphatic heterocycles. The number of unbranched alkanes of at least 4 members (excludes halogenated alkanes) is 3. The van der Waals surface area contributed by atoms with Gasteiger partial charge < -0.3 is 28.4 Å². The summed E-state index contributed by atoms with van der Waals surface area (Å²) in [6, 6.07) is 0. The van der Waals surface area contributed by atoms with Crippen molar-refractivity contribution in [1.82, 2.24) is 0 Å². The van der Waals surface area contributed by atoms with E-state index in [1.807, 2.05) is 0 Å². The van der Waals surface area contributed by atoms with Gasteiger partial charge in [0.15, 0.2) is 0 Å². The van der Waals surface area contributed by atoms with Crippen LogP contribution in [0.1, 0.15) is 25.7 Å². The highest BCUT2D eigenvalue weighted by atomic mass is 127. The second-order valence-electron chi connectivity index (χ2n) is 5.53. The molecule has 0 N–H and O–H groups in total. The highest BCUT2D eigenvalue weighted by Crippen LogP contribution is 2.02. The van der Waals surface area contributed by atoms with E-state index in [9.17, 15) is 0 Å². The molecule has 0 fully saturated rings. The van der Waals surface area contributed by atoms with Gasteiger partial charge in [0.1, 0.15) is 0 Å². The number of halogens is 1. The van der Waals surface area contributed by atoms with E-state index in [-0.39, 0.29) is 0 Å². The Morgan fingerprint density at radius 2 is 0.885 bits per heavy atom. The third-order valence-corrected chi connectivity index (χ3v) is 4.03. The Morgan fingerprint density at radius 1 is 0.500 bits per heavy atom. The molecule has 0 heterocycles. The Labute approximate surface area is 173 Å². The molecule has 0 saturated heterocycles. The van der Waals surface area contributed by atoms with Gasteiger partial charge in [0, 0.05) is 6.61 Å². The Kier molecular flexibility index (Phi) is 25.5. The molecule has 0 aliphatic carbocycles. The fraction of sp³-hybridized carbons (Fsp3) is 0.895. The maximum Gasteiger partial charge on any atom is 0.0704 e. The van der Waals surface area contributed by atoms with E-state index in [0.29, 0.717) is 72.7 Å². The van der Waals surface area contributed by atoms with E-state index in [4.69, 9.17) is 28.4 Å². The first-order valence-corrected chi connectivity index (χ1v) is 11.1. The average molecular weight is 488 g/mol. The van der Waals surface area contributed by atoms with Gasteiger partial charge in [0.05, 0.1) is 72.7 Å². The molecule has 0 spiro atoms. The van der Waals surface area contributed by atoms with Crippen LogP contribution in [-0.4, -0.2) is 83.7 Å². The molecule has 0 rings (SSSR count). The minimum absolute atomic E-state index is 0.562. The van der Waals surface area contributed by atoms with Gasteiger partial charge in [-0.3, -0.25) is 0 Å². The third kappa shape index (κ3) is 24.2. The fourth-order valence-electron chi connectivity index (χ4n) is 1.92. The zero-order valence-electron chi connectivity index (χ0n) is 16.1. The van der Waals surface area contributed by atoms with E-state index >= 15 is 0 Å². The Bertz CT molecular complexity index is 268. The predicted molar refractivity (Wildman–Crippen MR) is 112 cm³/mol. The topological polar surface area (TPSA) is 55.4 Å². The smallest absolute Gasteiger partial charge is 0.0704 e. The van der Waals surface area contributed by atoms with Crippen LogP contribution in [0.4, 0.5) is 0 Å². The first-order chi connectivity index (χ1) is 12.9. The lowest BCUT2D eigenvalue weighted by Gasteiger charge is -2.08. The number of rotatable bonds is 23. The summed E-state index contributed by atoms with van der Waals surface area (Å²) in [7, 11) is 0. The summed E-state index contributed by atoms with van der Waals surface area (Å²) in [5.41, 5.74) is 0. The van der Waals surface area contributed by atoms with Crippen molar-refractivity contribution >= 4 is 22.6 Å². The highest BCUT2D eigenvalue weighted by molar-refractivity contribution is 14.1. The van der Waals surface area contributed by atoms with Gasteiger partial charge in [0.25, 0.3) is 0 Å². The average Bonchev–Trinajstić information content (AvgIpc) is 2.66. The monoisotopic (exact) mass is 488 g/mol. The van der Waals surface area contributed by atoms with Crippen LogP contribution in [0, 0.1) is 0 Å². The van der Waals surface area contributed by atoms with Crippen molar-refractivity contribution in [2.75, 3.05) is 83.7 Å². The van der Waals surface area contributed by atoms with Crippen LogP contribution < -0.4 is 0 Å². The SMILES string of the molecule is C=CCOCCOCCOCCOCCOCCOCCCCCCI. The zero-order valence-corrected chi connectivity index (χ0v) is 18.3. The normalized spacial score (nSPS) is 11.1. The van der Waals surface area contributed by atoms with Crippen molar-refractivity contribution in [3.8, 4) is 0 Å². The van der Waals surface area contributed by atoms with Gasteiger partial charge in [-0.2, -0.15) is 0 Å². The minimum Gasteiger partial charge on any atom is -0.379 e. The first-order valence-electron chi connectivity index (χ1n) is 9.55. The van der Waals surface area contributed by atoms with Crippen LogP contribution in [0.15, 0.2) is 12.7 Å². The maximum atomic E-state index is 5.52. The second-order valence-corrected chi connectivity index (χ2v) is 6.61. The number of hydrogen-bond donors (Lipinski definition) is 0. The van der Waals surface area contributed by atoms with Crippen molar-refractivity contribution in [2.24, 2.45) is 0 Å². The predicted octanol–water partition coefficient (Wildman–Crippen LogP) is 3.27. The Hall–Kier alpha value is 0.230. The summed E-state index contributed by atoms with van der Waals surface area (Å²) in [6.45, 7) is 10.9. The van der Waals surface area contributed by atoms with E-state index in [1.165, 1.54) is 23.7 Å². The van der Waals surface area contributed by atoms with Gasteiger partial charge in [-0.15, -0.1) is 6.58 Å². The molecule has 0 aromatic carbocycles. The quantitative estimate of drug-likeness (QED) is 0.0953. The van der Waals surface area contributed by atoms with Crippen molar-refractivity contribution in [3.05, 3.63) is 12.7 Å². The molecule has 0 atom stereocenters. The standard InChI is InChI=1S/C19H37IO6/c1-2-8-21-10-12-23-14-16-25-18-19-26-17-15-24-13-11-22-9-6-4-3-5-7-20/h2H,1,3-19H2. The van der Waals surface area contributed by atoms with Crippen molar-refractivity contribution in [1.29, 1.82) is 0 Å². The van der Waals surface area contributed by atoms with Crippen LogP contribution >= 0.6 is 22.6 Å². The van der Waals surface area contributed by atoms with Crippen LogP contribution in [0.3, 0.4) is 0 Å². The molecule has 0 aromatic rings. The summed E-state index contributed by atoms with van der Waals surface area (Å²) in [5, 5.41) is 0. The number of hydrogen-bond acceptors (Lipinski definition) is 6. The lowest BCUT2D eigenvalue weighted by Crippen LogP contribution is -2.14. The fourth-order valence-corrected chi connectivity index (χ4v) is 2.46. The molecule has 0 unspecified atom stereocenters. The lowest BCUT2D eigenvalue weighted by molar-refractivity contribution is -0.0158. The Morgan fingerprint density at radius 3 is 1.31 bits per heavy atom. The summed E-state index contributed by atoms with van der Waals surface area (Å²) in [4.78, 5) is 0. The molecule has 6 nitrogen and oxygen atoms in total. The van der Waals surface area contributed by atoms with Crippen molar-refractivity contribution in [3.63, 3.8) is 0 Å². The van der Waals surface area contributed by atoms with Gasteiger partial charge >= 0.3 is 0 Å². The molecule has 7 heteroatoms. The molecule has 0 radical (unpaired) electrons. The summed E-state index contributed by atoms with van der Waals surface area (Å²) >= 11 is 2.42. The van der Waals surface area contributed by atoms with Gasteiger partial charge in [-0.25, -0.2) is 0 Å². The van der Waals surface area contributed by atoms with E-state index in [2.05, 4.69) is 29.2 Å². The van der Waals surface area contributed by atoms with E-state index < -0.39 is 0 Å². The molecular weight excluding hydrogens is 451 g/mol. The van der Waals surface area contributed by atoms with Gasteiger partial charge in [-0.05, 0) is 17.3 Å². The van der Waals surface area contributed by atoms with Gasteiger partial charge in [-0.1, -0.05) is 41.5 Å².